The van der Waals surface area contributed by atoms with Crippen LogP contribution >= 0.6 is 11.3 Å². The second-order valence-corrected chi connectivity index (χ2v) is 9.70. The fourth-order valence-corrected chi connectivity index (χ4v) is 5.35. The van der Waals surface area contributed by atoms with Crippen LogP contribution in [0.1, 0.15) is 44.8 Å². The quantitative estimate of drug-likeness (QED) is 0.482. The number of nitrogens with zero attached hydrogens (tertiary/aromatic N) is 2. The maximum absolute atomic E-state index is 13.3. The first-order chi connectivity index (χ1) is 16.5. The largest absolute Gasteiger partial charge is 0.467 e. The zero-order valence-electron chi connectivity index (χ0n) is 19.2. The molecule has 3 aromatic heterocycles. The molecule has 0 bridgehead atoms. The van der Waals surface area contributed by atoms with E-state index in [4.69, 9.17) is 4.42 Å². The van der Waals surface area contributed by atoms with E-state index < -0.39 is 5.69 Å². The molecule has 0 saturated heterocycles. The van der Waals surface area contributed by atoms with Gasteiger partial charge in [0.2, 0.25) is 11.8 Å². The molecule has 0 aliphatic heterocycles. The van der Waals surface area contributed by atoms with Crippen molar-refractivity contribution in [3.8, 4) is 0 Å². The van der Waals surface area contributed by atoms with E-state index in [0.29, 0.717) is 29.1 Å². The highest BCUT2D eigenvalue weighted by atomic mass is 32.1. The van der Waals surface area contributed by atoms with Crippen molar-refractivity contribution < 1.29 is 14.0 Å². The molecule has 2 amide bonds. The van der Waals surface area contributed by atoms with Gasteiger partial charge in [0.25, 0.3) is 5.56 Å². The molecule has 1 saturated carbocycles. The minimum atomic E-state index is -0.480. The zero-order valence-corrected chi connectivity index (χ0v) is 20.1. The molecule has 3 aromatic rings. The Kier molecular flexibility index (Phi) is 7.66. The number of carbonyl (C=O) groups is 2. The van der Waals surface area contributed by atoms with Crippen LogP contribution in [0.25, 0.3) is 10.2 Å². The normalized spacial score (nSPS) is 18.1. The molecule has 0 atom stereocenters. The average Bonchev–Trinajstić information content (AvgIpc) is 3.54. The lowest BCUT2D eigenvalue weighted by molar-refractivity contribution is -0.126. The Morgan fingerprint density at radius 2 is 1.91 bits per heavy atom. The fourth-order valence-electron chi connectivity index (χ4n) is 4.50. The summed E-state index contributed by atoms with van der Waals surface area (Å²) in [7, 11) is 0. The SMILES string of the molecule is CCCNC(=O)C1CCC(Cn2c(=O)c3sccc3n(CC(=O)NCc3ccco3)c2=O)CC1. The van der Waals surface area contributed by atoms with Crippen molar-refractivity contribution in [3.05, 3.63) is 56.4 Å². The minimum absolute atomic E-state index is 0.00573. The minimum Gasteiger partial charge on any atom is -0.467 e. The highest BCUT2D eigenvalue weighted by Gasteiger charge is 2.27. The first-order valence-electron chi connectivity index (χ1n) is 11.8. The van der Waals surface area contributed by atoms with Crippen LogP contribution in [0, 0.1) is 11.8 Å². The summed E-state index contributed by atoms with van der Waals surface area (Å²) < 4.78 is 8.32. The Balaban J connectivity index is 1.48. The molecule has 3 heterocycles. The van der Waals surface area contributed by atoms with Gasteiger partial charge in [-0.05, 0) is 61.6 Å². The van der Waals surface area contributed by atoms with Crippen molar-refractivity contribution >= 4 is 33.4 Å². The summed E-state index contributed by atoms with van der Waals surface area (Å²) in [6.45, 7) is 3.04. The average molecular weight is 487 g/mol. The maximum Gasteiger partial charge on any atom is 0.332 e. The number of hydrogen-bond acceptors (Lipinski definition) is 6. The summed E-state index contributed by atoms with van der Waals surface area (Å²) in [5.41, 5.74) is -0.322. The predicted molar refractivity (Wildman–Crippen MR) is 130 cm³/mol. The van der Waals surface area contributed by atoms with E-state index in [-0.39, 0.29) is 42.3 Å². The molecule has 0 spiro atoms. The van der Waals surface area contributed by atoms with Gasteiger partial charge in [-0.2, -0.15) is 0 Å². The van der Waals surface area contributed by atoms with Crippen LogP contribution in [0.15, 0.2) is 43.8 Å². The number of amides is 2. The molecule has 0 unspecified atom stereocenters. The Hall–Kier alpha value is -3.14. The molecule has 34 heavy (non-hydrogen) atoms. The highest BCUT2D eigenvalue weighted by molar-refractivity contribution is 7.17. The Morgan fingerprint density at radius 1 is 1.12 bits per heavy atom. The Labute approximate surface area is 200 Å². The molecule has 10 heteroatoms. The summed E-state index contributed by atoms with van der Waals surface area (Å²) >= 11 is 1.27. The summed E-state index contributed by atoms with van der Waals surface area (Å²) in [6.07, 6.45) is 5.49. The van der Waals surface area contributed by atoms with Gasteiger partial charge < -0.3 is 15.1 Å². The number of fused-ring (bicyclic) bond motifs is 1. The van der Waals surface area contributed by atoms with Crippen LogP contribution in [0.2, 0.25) is 0 Å². The molecule has 4 rings (SSSR count). The number of carbonyl (C=O) groups excluding carboxylic acids is 2. The molecule has 0 radical (unpaired) electrons. The van der Waals surface area contributed by atoms with Crippen LogP contribution in [0.5, 0.6) is 0 Å². The van der Waals surface area contributed by atoms with Gasteiger partial charge in [0.1, 0.15) is 17.0 Å². The maximum atomic E-state index is 13.3. The van der Waals surface area contributed by atoms with Gasteiger partial charge in [0.15, 0.2) is 0 Å². The van der Waals surface area contributed by atoms with Crippen LogP contribution in [0.4, 0.5) is 0 Å². The monoisotopic (exact) mass is 486 g/mol. The standard InChI is InChI=1S/C24H30N4O5S/c1-2-10-25-22(30)17-7-5-16(6-8-17)14-28-23(31)21-19(9-12-34-21)27(24(28)32)15-20(29)26-13-18-4-3-11-33-18/h3-4,9,11-12,16-17H,2,5-8,10,13-15H2,1H3,(H,25,30)(H,26,29). The lowest BCUT2D eigenvalue weighted by Gasteiger charge is -2.28. The number of rotatable bonds is 9. The van der Waals surface area contributed by atoms with E-state index in [1.54, 1.807) is 23.6 Å². The van der Waals surface area contributed by atoms with Crippen LogP contribution in [0.3, 0.4) is 0 Å². The first kappa shape index (κ1) is 24.0. The molecule has 1 aliphatic carbocycles. The summed E-state index contributed by atoms with van der Waals surface area (Å²) in [6, 6.07) is 5.20. The number of furan rings is 1. The van der Waals surface area contributed by atoms with Crippen LogP contribution < -0.4 is 21.9 Å². The third kappa shape index (κ3) is 5.32. The van der Waals surface area contributed by atoms with Crippen molar-refractivity contribution in [2.45, 2.75) is 58.7 Å². The molecule has 182 valence electrons. The van der Waals surface area contributed by atoms with E-state index in [2.05, 4.69) is 10.6 Å². The summed E-state index contributed by atoms with van der Waals surface area (Å²) in [4.78, 5) is 51.2. The number of thiophene rings is 1. The number of hydrogen-bond donors (Lipinski definition) is 2. The van der Waals surface area contributed by atoms with Crippen molar-refractivity contribution in [2.75, 3.05) is 6.54 Å². The third-order valence-electron chi connectivity index (χ3n) is 6.39. The second-order valence-electron chi connectivity index (χ2n) is 8.78. The van der Waals surface area contributed by atoms with Gasteiger partial charge in [-0.3, -0.25) is 23.5 Å². The van der Waals surface area contributed by atoms with Crippen molar-refractivity contribution in [3.63, 3.8) is 0 Å². The second kappa shape index (κ2) is 10.9. The van der Waals surface area contributed by atoms with E-state index in [9.17, 15) is 19.2 Å². The fraction of sp³-hybridized carbons (Fsp3) is 0.500. The number of nitrogens with one attached hydrogen (secondary N) is 2. The molecule has 2 N–H and O–H groups in total. The Morgan fingerprint density at radius 3 is 2.62 bits per heavy atom. The van der Waals surface area contributed by atoms with E-state index in [1.165, 1.54) is 26.7 Å². The number of aromatic nitrogens is 2. The topological polar surface area (TPSA) is 115 Å². The van der Waals surface area contributed by atoms with Gasteiger partial charge in [0, 0.05) is 19.0 Å². The van der Waals surface area contributed by atoms with Crippen molar-refractivity contribution in [1.82, 2.24) is 19.8 Å². The zero-order chi connectivity index (χ0) is 24.1. The van der Waals surface area contributed by atoms with E-state index >= 15 is 0 Å². The summed E-state index contributed by atoms with van der Waals surface area (Å²) in [5.74, 6) is 0.508. The third-order valence-corrected chi connectivity index (χ3v) is 7.28. The molecular weight excluding hydrogens is 456 g/mol. The predicted octanol–water partition coefficient (Wildman–Crippen LogP) is 2.47. The molecule has 9 nitrogen and oxygen atoms in total. The van der Waals surface area contributed by atoms with Crippen LogP contribution in [-0.4, -0.2) is 27.5 Å². The van der Waals surface area contributed by atoms with Crippen molar-refractivity contribution in [2.24, 2.45) is 11.8 Å². The lowest BCUT2D eigenvalue weighted by Crippen LogP contribution is -2.44. The lowest BCUT2D eigenvalue weighted by atomic mass is 9.81. The van der Waals surface area contributed by atoms with E-state index in [0.717, 1.165) is 32.1 Å². The van der Waals surface area contributed by atoms with E-state index in [1.807, 2.05) is 6.92 Å². The molecule has 1 fully saturated rings. The summed E-state index contributed by atoms with van der Waals surface area (Å²) in [5, 5.41) is 7.46. The molecule has 1 aliphatic rings. The van der Waals surface area contributed by atoms with Gasteiger partial charge >= 0.3 is 5.69 Å². The van der Waals surface area contributed by atoms with Gasteiger partial charge in [-0.1, -0.05) is 6.92 Å². The highest BCUT2D eigenvalue weighted by Crippen LogP contribution is 2.29. The van der Waals surface area contributed by atoms with Crippen LogP contribution in [-0.2, 0) is 29.2 Å². The smallest absolute Gasteiger partial charge is 0.332 e. The molecule has 0 aromatic carbocycles. The van der Waals surface area contributed by atoms with Gasteiger partial charge in [-0.25, -0.2) is 4.79 Å². The Bertz CT molecular complexity index is 1250. The van der Waals surface area contributed by atoms with Gasteiger partial charge in [-0.15, -0.1) is 11.3 Å². The molecular formula is C24H30N4O5S. The van der Waals surface area contributed by atoms with Gasteiger partial charge in [0.05, 0.1) is 18.3 Å². The first-order valence-corrected chi connectivity index (χ1v) is 12.6. The van der Waals surface area contributed by atoms with Crippen molar-refractivity contribution in [1.29, 1.82) is 0 Å².